The average molecular weight is 364 g/mol. The van der Waals surface area contributed by atoms with Crippen molar-refractivity contribution in [3.05, 3.63) is 53.9 Å². The van der Waals surface area contributed by atoms with E-state index in [1.807, 2.05) is 36.5 Å². The molecule has 132 valence electrons. The number of thioether (sulfide) groups is 1. The third-order valence-corrected chi connectivity index (χ3v) is 4.99. The summed E-state index contributed by atoms with van der Waals surface area (Å²) in [6.45, 7) is 2.13. The highest BCUT2D eigenvalue weighted by molar-refractivity contribution is 8.00. The van der Waals surface area contributed by atoms with Gasteiger partial charge in [-0.15, -0.1) is 0 Å². The number of nitrogens with zero attached hydrogens (tertiary/aromatic N) is 2. The van der Waals surface area contributed by atoms with E-state index in [4.69, 9.17) is 0 Å². The molecule has 1 amide bonds. The van der Waals surface area contributed by atoms with E-state index in [1.165, 1.54) is 11.8 Å². The second-order valence-corrected chi connectivity index (χ2v) is 6.95. The van der Waals surface area contributed by atoms with Gasteiger partial charge in [-0.3, -0.25) is 4.79 Å². The molecular weight excluding hydrogens is 344 g/mol. The van der Waals surface area contributed by atoms with Crippen LogP contribution in [0.2, 0.25) is 0 Å². The molecule has 0 saturated carbocycles. The molecule has 0 radical (unpaired) electrons. The first kappa shape index (κ1) is 18.0. The van der Waals surface area contributed by atoms with Crippen molar-refractivity contribution in [1.29, 1.82) is 5.26 Å². The average Bonchev–Trinajstić information content (AvgIpc) is 3.12. The van der Waals surface area contributed by atoms with Crippen molar-refractivity contribution < 1.29 is 4.79 Å². The molecule has 2 heterocycles. The largest absolute Gasteiger partial charge is 0.361 e. The van der Waals surface area contributed by atoms with Crippen LogP contribution in [-0.2, 0) is 11.2 Å². The molecule has 2 N–H and O–H groups in total. The number of carbonyl (C=O) groups is 1. The lowest BCUT2D eigenvalue weighted by atomic mass is 10.2. The topological polar surface area (TPSA) is 81.6 Å². The lowest BCUT2D eigenvalue weighted by Crippen LogP contribution is -2.14. The van der Waals surface area contributed by atoms with Crippen molar-refractivity contribution in [3.63, 3.8) is 0 Å². The Kier molecular flexibility index (Phi) is 5.92. The Morgan fingerprint density at radius 2 is 2.19 bits per heavy atom. The fraction of sp³-hybridized carbons (Fsp3) is 0.250. The fourth-order valence-electron chi connectivity index (χ4n) is 2.63. The second-order valence-electron chi connectivity index (χ2n) is 5.99. The van der Waals surface area contributed by atoms with E-state index in [1.54, 1.807) is 6.07 Å². The molecular formula is C20H20N4OS. The SMILES string of the molecule is CCCCc1ccc(C#N)c(SCC(=O)Nc2ccc3cc[nH]c3c2)n1. The van der Waals surface area contributed by atoms with Crippen LogP contribution < -0.4 is 5.32 Å². The zero-order valence-electron chi connectivity index (χ0n) is 14.6. The third kappa shape index (κ3) is 4.44. The third-order valence-electron chi connectivity index (χ3n) is 4.00. The predicted molar refractivity (Wildman–Crippen MR) is 105 cm³/mol. The quantitative estimate of drug-likeness (QED) is 0.605. The van der Waals surface area contributed by atoms with Crippen LogP contribution in [-0.4, -0.2) is 21.6 Å². The Morgan fingerprint density at radius 3 is 3.00 bits per heavy atom. The van der Waals surface area contributed by atoms with Crippen LogP contribution >= 0.6 is 11.8 Å². The van der Waals surface area contributed by atoms with Gasteiger partial charge in [-0.2, -0.15) is 5.26 Å². The summed E-state index contributed by atoms with van der Waals surface area (Å²) in [6.07, 6.45) is 4.91. The van der Waals surface area contributed by atoms with E-state index in [9.17, 15) is 10.1 Å². The molecule has 0 saturated heterocycles. The van der Waals surface area contributed by atoms with Gasteiger partial charge >= 0.3 is 0 Å². The summed E-state index contributed by atoms with van der Waals surface area (Å²) >= 11 is 1.30. The number of anilines is 1. The summed E-state index contributed by atoms with van der Waals surface area (Å²) in [5.41, 5.74) is 3.20. The second kappa shape index (κ2) is 8.54. The highest BCUT2D eigenvalue weighted by Gasteiger charge is 2.10. The number of amides is 1. The Morgan fingerprint density at radius 1 is 1.31 bits per heavy atom. The number of benzene rings is 1. The van der Waals surface area contributed by atoms with Gasteiger partial charge in [0.05, 0.1) is 11.3 Å². The van der Waals surface area contributed by atoms with Gasteiger partial charge in [0.15, 0.2) is 0 Å². The first-order valence-corrected chi connectivity index (χ1v) is 9.58. The maximum absolute atomic E-state index is 12.3. The zero-order valence-corrected chi connectivity index (χ0v) is 15.4. The van der Waals surface area contributed by atoms with E-state index < -0.39 is 0 Å². The van der Waals surface area contributed by atoms with Crippen LogP contribution in [0, 0.1) is 11.3 Å². The number of aryl methyl sites for hydroxylation is 1. The van der Waals surface area contributed by atoms with Crippen molar-refractivity contribution >= 4 is 34.3 Å². The van der Waals surface area contributed by atoms with Gasteiger partial charge in [0.1, 0.15) is 11.1 Å². The summed E-state index contributed by atoms with van der Waals surface area (Å²) in [4.78, 5) is 19.9. The molecule has 5 nitrogen and oxygen atoms in total. The number of hydrogen-bond donors (Lipinski definition) is 2. The van der Waals surface area contributed by atoms with Crippen LogP contribution in [0.5, 0.6) is 0 Å². The highest BCUT2D eigenvalue weighted by atomic mass is 32.2. The number of aromatic nitrogens is 2. The minimum Gasteiger partial charge on any atom is -0.361 e. The number of nitrogens with one attached hydrogen (secondary N) is 2. The van der Waals surface area contributed by atoms with Gasteiger partial charge in [0.25, 0.3) is 0 Å². The number of hydrogen-bond acceptors (Lipinski definition) is 4. The van der Waals surface area contributed by atoms with Crippen LogP contribution in [0.4, 0.5) is 5.69 Å². The van der Waals surface area contributed by atoms with Crippen molar-refractivity contribution in [1.82, 2.24) is 9.97 Å². The van der Waals surface area contributed by atoms with Crippen LogP contribution in [0.1, 0.15) is 31.0 Å². The normalized spacial score (nSPS) is 10.6. The molecule has 3 rings (SSSR count). The summed E-state index contributed by atoms with van der Waals surface area (Å²) in [5, 5.41) is 13.9. The highest BCUT2D eigenvalue weighted by Crippen LogP contribution is 2.22. The van der Waals surface area contributed by atoms with Crippen molar-refractivity contribution in [2.24, 2.45) is 0 Å². The molecule has 6 heteroatoms. The van der Waals surface area contributed by atoms with Crippen LogP contribution in [0.3, 0.4) is 0 Å². The smallest absolute Gasteiger partial charge is 0.234 e. The van der Waals surface area contributed by atoms with Gasteiger partial charge in [0.2, 0.25) is 5.91 Å². The number of carbonyl (C=O) groups excluding carboxylic acids is 1. The van der Waals surface area contributed by atoms with Gasteiger partial charge < -0.3 is 10.3 Å². The Bertz CT molecular complexity index is 958. The molecule has 0 bridgehead atoms. The standard InChI is InChI=1S/C20H20N4OS/c1-2-3-4-16-7-6-15(12-21)20(24-16)26-13-19(25)23-17-8-5-14-9-10-22-18(14)11-17/h5-11,22H,2-4,13H2,1H3,(H,23,25). The molecule has 0 fully saturated rings. The van der Waals surface area contributed by atoms with E-state index in [2.05, 4.69) is 28.3 Å². The molecule has 0 aliphatic rings. The first-order valence-electron chi connectivity index (χ1n) is 8.59. The lowest BCUT2D eigenvalue weighted by molar-refractivity contribution is -0.113. The van der Waals surface area contributed by atoms with Gasteiger partial charge in [-0.1, -0.05) is 31.2 Å². The maximum atomic E-state index is 12.3. The Labute approximate surface area is 156 Å². The summed E-state index contributed by atoms with van der Waals surface area (Å²) in [5.74, 6) is 0.0901. The minimum absolute atomic E-state index is 0.120. The number of rotatable bonds is 7. The van der Waals surface area contributed by atoms with Crippen molar-refractivity contribution in [2.75, 3.05) is 11.1 Å². The Hall–Kier alpha value is -2.78. The summed E-state index contributed by atoms with van der Waals surface area (Å²) < 4.78 is 0. The van der Waals surface area contributed by atoms with E-state index >= 15 is 0 Å². The van der Waals surface area contributed by atoms with Crippen molar-refractivity contribution in [3.8, 4) is 6.07 Å². The van der Waals surface area contributed by atoms with Crippen LogP contribution in [0.15, 0.2) is 47.6 Å². The number of aromatic amines is 1. The molecule has 0 spiro atoms. The predicted octanol–water partition coefficient (Wildman–Crippen LogP) is 4.51. The molecule has 0 aliphatic carbocycles. The molecule has 2 aromatic heterocycles. The number of pyridine rings is 1. The summed E-state index contributed by atoms with van der Waals surface area (Å²) in [7, 11) is 0. The molecule has 0 unspecified atom stereocenters. The molecule has 0 atom stereocenters. The van der Waals surface area contributed by atoms with E-state index in [0.717, 1.165) is 41.5 Å². The molecule has 26 heavy (non-hydrogen) atoms. The lowest BCUT2D eigenvalue weighted by Gasteiger charge is -2.07. The van der Waals surface area contributed by atoms with Gasteiger partial charge in [-0.25, -0.2) is 4.98 Å². The zero-order chi connectivity index (χ0) is 18.4. The van der Waals surface area contributed by atoms with E-state index in [0.29, 0.717) is 10.6 Å². The monoisotopic (exact) mass is 364 g/mol. The van der Waals surface area contributed by atoms with Gasteiger partial charge in [0, 0.05) is 23.1 Å². The minimum atomic E-state index is -0.120. The first-order chi connectivity index (χ1) is 12.7. The van der Waals surface area contributed by atoms with Crippen LogP contribution in [0.25, 0.3) is 10.9 Å². The number of fused-ring (bicyclic) bond motifs is 1. The maximum Gasteiger partial charge on any atom is 0.234 e. The van der Waals surface area contributed by atoms with E-state index in [-0.39, 0.29) is 11.7 Å². The molecule has 3 aromatic rings. The summed E-state index contributed by atoms with van der Waals surface area (Å²) in [6, 6.07) is 13.6. The van der Waals surface area contributed by atoms with Crippen molar-refractivity contribution in [2.45, 2.75) is 31.2 Å². The number of unbranched alkanes of at least 4 members (excludes halogenated alkanes) is 1. The number of H-pyrrole nitrogens is 1. The number of nitriles is 1. The fourth-order valence-corrected chi connectivity index (χ4v) is 3.42. The Balaban J connectivity index is 1.63. The molecule has 1 aromatic carbocycles. The van der Waals surface area contributed by atoms with Gasteiger partial charge in [-0.05, 0) is 48.6 Å². The molecule has 0 aliphatic heterocycles.